The van der Waals surface area contributed by atoms with Crippen molar-refractivity contribution in [2.45, 2.75) is 52.4 Å². The summed E-state index contributed by atoms with van der Waals surface area (Å²) in [7, 11) is 0. The zero-order valence-corrected chi connectivity index (χ0v) is 11.7. The number of rotatable bonds is 8. The van der Waals surface area contributed by atoms with E-state index in [1.165, 1.54) is 38.5 Å². The molecule has 0 aromatic rings. The van der Waals surface area contributed by atoms with Gasteiger partial charge in [0.2, 0.25) is 0 Å². The Hall–Kier alpha value is 0.583. The third-order valence-corrected chi connectivity index (χ3v) is 1.78. The van der Waals surface area contributed by atoms with E-state index in [0.717, 1.165) is 13.2 Å². The fraction of sp³-hybridized carbons (Fsp3) is 1.00. The first-order valence-corrected chi connectivity index (χ1v) is 4.99. The van der Waals surface area contributed by atoms with Crippen molar-refractivity contribution in [3.8, 4) is 0 Å². The van der Waals surface area contributed by atoms with E-state index in [4.69, 9.17) is 4.74 Å². The molecule has 0 aliphatic carbocycles. The molecule has 12 heavy (non-hydrogen) atoms. The van der Waals surface area contributed by atoms with Crippen molar-refractivity contribution in [3.63, 3.8) is 0 Å². The van der Waals surface area contributed by atoms with Crippen LogP contribution in [0.15, 0.2) is 0 Å². The van der Waals surface area contributed by atoms with E-state index in [0.29, 0.717) is 0 Å². The van der Waals surface area contributed by atoms with Crippen LogP contribution < -0.4 is 0 Å². The molecule has 0 saturated heterocycles. The topological polar surface area (TPSA) is 9.23 Å². The third kappa shape index (κ3) is 13.2. The molecular weight excluding hydrogens is 201 g/mol. The van der Waals surface area contributed by atoms with E-state index in [9.17, 15) is 0 Å². The summed E-state index contributed by atoms with van der Waals surface area (Å²) in [6.07, 6.45) is 7.68. The Labute approximate surface area is 90.0 Å². The summed E-state index contributed by atoms with van der Waals surface area (Å²) < 4.78 is 5.44. The molecule has 0 unspecified atom stereocenters. The summed E-state index contributed by atoms with van der Waals surface area (Å²) in [6, 6.07) is 0. The smallest absolute Gasteiger partial charge is 0.0466 e. The largest absolute Gasteiger partial charge is 0.381 e. The fourth-order valence-electron chi connectivity index (χ4n) is 1.01. The fourth-order valence-corrected chi connectivity index (χ4v) is 1.01. The maximum atomic E-state index is 5.44. The predicted octanol–water partition coefficient (Wildman–Crippen LogP) is 3.38. The molecule has 0 rings (SSSR count). The minimum atomic E-state index is 0. The van der Waals surface area contributed by atoms with E-state index in [1.54, 1.807) is 0 Å². The molecule has 0 aliphatic heterocycles. The Kier molecular flexibility index (Phi) is 17.7. The molecule has 0 saturated carbocycles. The Morgan fingerprint density at radius 1 is 0.750 bits per heavy atom. The summed E-state index contributed by atoms with van der Waals surface area (Å²) in [5.41, 5.74) is 0. The molecule has 0 N–H and O–H groups in total. The average molecular weight is 224 g/mol. The van der Waals surface area contributed by atoms with E-state index in [1.807, 2.05) is 0 Å². The van der Waals surface area contributed by atoms with Crippen LogP contribution in [-0.2, 0) is 24.2 Å². The van der Waals surface area contributed by atoms with Gasteiger partial charge < -0.3 is 4.74 Å². The van der Waals surface area contributed by atoms with Crippen LogP contribution >= 0.6 is 0 Å². The van der Waals surface area contributed by atoms with Crippen molar-refractivity contribution in [3.05, 3.63) is 0 Å². The van der Waals surface area contributed by atoms with Gasteiger partial charge in [-0.2, -0.15) is 0 Å². The number of hydrogen-bond acceptors (Lipinski definition) is 1. The van der Waals surface area contributed by atoms with Gasteiger partial charge in [-0.25, -0.2) is 0 Å². The summed E-state index contributed by atoms with van der Waals surface area (Å²) in [5.74, 6) is 0. The van der Waals surface area contributed by atoms with Gasteiger partial charge in [0.1, 0.15) is 0 Å². The average Bonchev–Trinajstić information content (AvgIpc) is 2.03. The van der Waals surface area contributed by atoms with Crippen LogP contribution in [-0.4, -0.2) is 13.2 Å². The third-order valence-electron chi connectivity index (χ3n) is 1.78. The normalized spacial score (nSPS) is 9.50. The number of hydrogen-bond donors (Lipinski definition) is 0. The molecule has 1 nitrogen and oxygen atoms in total. The van der Waals surface area contributed by atoms with E-state index >= 15 is 0 Å². The van der Waals surface area contributed by atoms with Crippen LogP contribution in [0, 0.1) is 0 Å². The van der Waals surface area contributed by atoms with Crippen LogP contribution in [0.3, 0.4) is 0 Å². The monoisotopic (exact) mass is 222 g/mol. The van der Waals surface area contributed by atoms with Gasteiger partial charge in [0, 0.05) is 32.7 Å². The molecule has 70 valence electrons. The van der Waals surface area contributed by atoms with Gasteiger partial charge in [-0.1, -0.05) is 39.5 Å². The minimum absolute atomic E-state index is 0. The van der Waals surface area contributed by atoms with Crippen molar-refractivity contribution in [1.29, 1.82) is 0 Å². The van der Waals surface area contributed by atoms with Crippen LogP contribution in [0.25, 0.3) is 0 Å². The van der Waals surface area contributed by atoms with Crippen LogP contribution in [0.1, 0.15) is 52.4 Å². The molecule has 0 heterocycles. The second-order valence-corrected chi connectivity index (χ2v) is 3.03. The van der Waals surface area contributed by atoms with Gasteiger partial charge in [0.15, 0.2) is 0 Å². The standard InChI is InChI=1S/C10H22O.Zn/c1-3-5-7-9-11-10-8-6-4-2;/h3-10H2,1-2H3;. The molecule has 0 fully saturated rings. The van der Waals surface area contributed by atoms with Crippen molar-refractivity contribution in [2.75, 3.05) is 13.2 Å². The molecule has 0 bridgehead atoms. The van der Waals surface area contributed by atoms with E-state index in [2.05, 4.69) is 13.8 Å². The molecule has 0 aromatic heterocycles. The molecule has 2 heteroatoms. The van der Waals surface area contributed by atoms with E-state index in [-0.39, 0.29) is 19.5 Å². The van der Waals surface area contributed by atoms with Crippen molar-refractivity contribution >= 4 is 0 Å². The Morgan fingerprint density at radius 3 is 1.50 bits per heavy atom. The van der Waals surface area contributed by atoms with Gasteiger partial charge in [0.05, 0.1) is 0 Å². The molecule has 0 atom stereocenters. The van der Waals surface area contributed by atoms with Crippen molar-refractivity contribution in [2.24, 2.45) is 0 Å². The SMILES string of the molecule is CCCCCOCCCCC.[Zn]. The summed E-state index contributed by atoms with van der Waals surface area (Å²) in [5, 5.41) is 0. The first-order chi connectivity index (χ1) is 5.41. The zero-order chi connectivity index (χ0) is 8.36. The van der Waals surface area contributed by atoms with E-state index < -0.39 is 0 Å². The molecule has 0 spiro atoms. The van der Waals surface area contributed by atoms with Gasteiger partial charge in [-0.15, -0.1) is 0 Å². The minimum Gasteiger partial charge on any atom is -0.381 e. The van der Waals surface area contributed by atoms with Gasteiger partial charge >= 0.3 is 0 Å². The van der Waals surface area contributed by atoms with Crippen LogP contribution in [0.2, 0.25) is 0 Å². The second-order valence-electron chi connectivity index (χ2n) is 3.03. The first-order valence-electron chi connectivity index (χ1n) is 4.99. The first kappa shape index (κ1) is 15.1. The molecule has 0 amide bonds. The molecular formula is C10H22OZn. The number of ether oxygens (including phenoxy) is 1. The Morgan fingerprint density at radius 2 is 1.17 bits per heavy atom. The van der Waals surface area contributed by atoms with Crippen LogP contribution in [0.4, 0.5) is 0 Å². The quantitative estimate of drug-likeness (QED) is 0.453. The summed E-state index contributed by atoms with van der Waals surface area (Å²) >= 11 is 0. The van der Waals surface area contributed by atoms with Crippen molar-refractivity contribution < 1.29 is 24.2 Å². The maximum absolute atomic E-state index is 5.44. The number of unbranched alkanes of at least 4 members (excludes halogenated alkanes) is 4. The summed E-state index contributed by atoms with van der Waals surface area (Å²) in [6.45, 7) is 6.38. The van der Waals surface area contributed by atoms with Crippen molar-refractivity contribution in [1.82, 2.24) is 0 Å². The predicted molar refractivity (Wildman–Crippen MR) is 49.9 cm³/mol. The van der Waals surface area contributed by atoms with Crippen LogP contribution in [0.5, 0.6) is 0 Å². The molecule has 0 radical (unpaired) electrons. The second kappa shape index (κ2) is 14.1. The maximum Gasteiger partial charge on any atom is 0.0466 e. The Bertz CT molecular complexity index is 58.9. The zero-order valence-electron chi connectivity index (χ0n) is 8.77. The van der Waals surface area contributed by atoms with Gasteiger partial charge in [-0.3, -0.25) is 0 Å². The molecule has 0 aromatic carbocycles. The van der Waals surface area contributed by atoms with Gasteiger partial charge in [0.25, 0.3) is 0 Å². The van der Waals surface area contributed by atoms with Gasteiger partial charge in [-0.05, 0) is 12.8 Å². The Balaban J connectivity index is 0. The summed E-state index contributed by atoms with van der Waals surface area (Å²) in [4.78, 5) is 0. The molecule has 0 aliphatic rings.